The molecule has 2 aromatic heterocycles. The third-order valence-electron chi connectivity index (χ3n) is 11.8. The fraction of sp³-hybridized carbons (Fsp3) is 0.0185. The van der Waals surface area contributed by atoms with Crippen LogP contribution in [0.2, 0.25) is 0 Å². The summed E-state index contributed by atoms with van der Waals surface area (Å²) < 4.78 is 6.71. The van der Waals surface area contributed by atoms with Crippen LogP contribution in [0.1, 0.15) is 22.3 Å². The number of benzene rings is 8. The van der Waals surface area contributed by atoms with E-state index in [0.717, 1.165) is 89.3 Å². The van der Waals surface area contributed by atoms with Crippen molar-refractivity contribution in [3.8, 4) is 79.4 Å². The van der Waals surface area contributed by atoms with Crippen LogP contribution < -0.4 is 4.74 Å². The zero-order valence-corrected chi connectivity index (χ0v) is 32.2. The molecule has 0 saturated heterocycles. The number of ether oxygens (including phenoxy) is 1. The summed E-state index contributed by atoms with van der Waals surface area (Å²) in [5.41, 5.74) is 12.1. The van der Waals surface area contributed by atoms with Crippen LogP contribution in [0.4, 0.5) is 0 Å². The summed E-state index contributed by atoms with van der Waals surface area (Å²) >= 11 is 0. The molecule has 10 aromatic rings. The normalized spacial score (nSPS) is 12.9. The van der Waals surface area contributed by atoms with Crippen LogP contribution in [0, 0.1) is 0 Å². The molecule has 3 heterocycles. The molecule has 0 N–H and O–H groups in total. The Labute approximate surface area is 346 Å². The highest BCUT2D eigenvalue weighted by atomic mass is 16.5. The third-order valence-corrected chi connectivity index (χ3v) is 11.8. The molecule has 0 atom stereocenters. The van der Waals surface area contributed by atoms with Gasteiger partial charge in [-0.05, 0) is 40.5 Å². The van der Waals surface area contributed by atoms with Crippen molar-refractivity contribution in [2.75, 3.05) is 0 Å². The average Bonchev–Trinajstić information content (AvgIpc) is 3.63. The smallest absolute Gasteiger partial charge is 0.164 e. The molecule has 0 saturated carbocycles. The first-order chi connectivity index (χ1) is 29.8. The highest BCUT2D eigenvalue weighted by molar-refractivity contribution is 6.02. The number of hydrogen-bond acceptors (Lipinski definition) is 6. The lowest BCUT2D eigenvalue weighted by molar-refractivity contribution is 0.436. The first-order valence-corrected chi connectivity index (χ1v) is 20.1. The summed E-state index contributed by atoms with van der Waals surface area (Å²) in [6.07, 6.45) is 0. The Kier molecular flexibility index (Phi) is 7.65. The molecule has 8 aromatic carbocycles. The van der Waals surface area contributed by atoms with Crippen molar-refractivity contribution in [1.82, 2.24) is 24.9 Å². The number of hydrogen-bond donors (Lipinski definition) is 0. The van der Waals surface area contributed by atoms with Gasteiger partial charge in [-0.1, -0.05) is 182 Å². The summed E-state index contributed by atoms with van der Waals surface area (Å²) in [7, 11) is 0. The van der Waals surface area contributed by atoms with Crippen molar-refractivity contribution >= 4 is 10.9 Å². The molecule has 6 heteroatoms. The second kappa shape index (κ2) is 13.5. The van der Waals surface area contributed by atoms with Crippen molar-refractivity contribution in [2.45, 2.75) is 5.41 Å². The molecular weight excluding hydrogens is 735 g/mol. The standard InChI is InChI=1S/C54H33N5O/c1-4-18-34(19-5-1)49-37-24-10-13-31-44(37)55-52(56-49)38-25-16-29-42-47(38)48-39(53-58-50(35-20-6-2-7-21-35)57-51(59-53)36-22-8-3-9-23-36)26-17-30-43(48)54(42)40-27-11-14-32-45(40)60-46-33-15-12-28-41(46)54/h1-33H. The molecule has 60 heavy (non-hydrogen) atoms. The van der Waals surface area contributed by atoms with Gasteiger partial charge in [-0.3, -0.25) is 0 Å². The van der Waals surface area contributed by atoms with Gasteiger partial charge in [-0.2, -0.15) is 0 Å². The SMILES string of the molecule is c1ccc(-c2nc(-c3ccccc3)nc(-c3cccc4c3-c3c(-c5nc(-c6ccccc6)c6ccccc6n5)cccc3C43c4ccccc4Oc4ccccc43)n2)cc1. The second-order valence-corrected chi connectivity index (χ2v) is 15.1. The van der Waals surface area contributed by atoms with Crippen molar-refractivity contribution in [2.24, 2.45) is 0 Å². The molecular formula is C54H33N5O. The van der Waals surface area contributed by atoms with Crippen LogP contribution in [0.25, 0.3) is 78.8 Å². The van der Waals surface area contributed by atoms with Gasteiger partial charge >= 0.3 is 0 Å². The summed E-state index contributed by atoms with van der Waals surface area (Å²) in [5.74, 6) is 4.06. The van der Waals surface area contributed by atoms with E-state index in [1.54, 1.807) is 0 Å². The van der Waals surface area contributed by atoms with E-state index < -0.39 is 5.41 Å². The molecule has 2 aliphatic rings. The molecule has 0 unspecified atom stereocenters. The monoisotopic (exact) mass is 767 g/mol. The highest BCUT2D eigenvalue weighted by Gasteiger charge is 2.52. The van der Waals surface area contributed by atoms with Gasteiger partial charge in [0.2, 0.25) is 0 Å². The summed E-state index contributed by atoms with van der Waals surface area (Å²) in [5, 5.41) is 0.997. The van der Waals surface area contributed by atoms with Gasteiger partial charge in [0.15, 0.2) is 23.3 Å². The second-order valence-electron chi connectivity index (χ2n) is 15.1. The fourth-order valence-electron chi connectivity index (χ4n) is 9.30. The molecule has 1 aliphatic heterocycles. The van der Waals surface area contributed by atoms with Crippen molar-refractivity contribution in [1.29, 1.82) is 0 Å². The lowest BCUT2D eigenvalue weighted by Crippen LogP contribution is -2.32. The molecule has 280 valence electrons. The maximum absolute atomic E-state index is 6.71. The highest BCUT2D eigenvalue weighted by Crippen LogP contribution is 2.64. The summed E-state index contributed by atoms with van der Waals surface area (Å²) in [6.45, 7) is 0. The minimum Gasteiger partial charge on any atom is -0.457 e. The van der Waals surface area contributed by atoms with Gasteiger partial charge in [-0.25, -0.2) is 24.9 Å². The van der Waals surface area contributed by atoms with Crippen molar-refractivity contribution in [3.05, 3.63) is 222 Å². The van der Waals surface area contributed by atoms with Crippen LogP contribution in [0.3, 0.4) is 0 Å². The summed E-state index contributed by atoms with van der Waals surface area (Å²) in [6, 6.07) is 68.8. The Morgan fingerprint density at radius 1 is 0.317 bits per heavy atom. The minimum atomic E-state index is -0.751. The van der Waals surface area contributed by atoms with Crippen LogP contribution in [0.15, 0.2) is 200 Å². The van der Waals surface area contributed by atoms with Gasteiger partial charge < -0.3 is 4.74 Å². The molecule has 12 rings (SSSR count). The molecule has 0 radical (unpaired) electrons. The summed E-state index contributed by atoms with van der Waals surface area (Å²) in [4.78, 5) is 26.4. The maximum atomic E-state index is 6.71. The zero-order chi connectivity index (χ0) is 39.6. The van der Waals surface area contributed by atoms with Crippen LogP contribution in [0.5, 0.6) is 11.5 Å². The van der Waals surface area contributed by atoms with E-state index in [9.17, 15) is 0 Å². The number of para-hydroxylation sites is 3. The van der Waals surface area contributed by atoms with Crippen LogP contribution in [-0.2, 0) is 5.41 Å². The van der Waals surface area contributed by atoms with E-state index in [-0.39, 0.29) is 0 Å². The van der Waals surface area contributed by atoms with Gasteiger partial charge in [0, 0.05) is 44.3 Å². The molecule has 0 bridgehead atoms. The molecule has 1 aliphatic carbocycles. The van der Waals surface area contributed by atoms with Gasteiger partial charge in [0.05, 0.1) is 16.6 Å². The van der Waals surface area contributed by atoms with E-state index in [4.69, 9.17) is 29.7 Å². The van der Waals surface area contributed by atoms with Gasteiger partial charge in [0.25, 0.3) is 0 Å². The lowest BCUT2D eigenvalue weighted by Gasteiger charge is -2.39. The Hall–Kier alpha value is -8.09. The first-order valence-electron chi connectivity index (χ1n) is 20.1. The van der Waals surface area contributed by atoms with E-state index in [2.05, 4.69) is 109 Å². The quantitative estimate of drug-likeness (QED) is 0.174. The first kappa shape index (κ1) is 34.0. The minimum absolute atomic E-state index is 0.579. The topological polar surface area (TPSA) is 73.7 Å². The number of nitrogens with zero attached hydrogens (tertiary/aromatic N) is 5. The Balaban J connectivity index is 1.21. The van der Waals surface area contributed by atoms with E-state index in [0.29, 0.717) is 23.3 Å². The average molecular weight is 768 g/mol. The largest absolute Gasteiger partial charge is 0.457 e. The van der Waals surface area contributed by atoms with Crippen LogP contribution >= 0.6 is 0 Å². The molecule has 1 spiro atoms. The van der Waals surface area contributed by atoms with E-state index in [1.165, 1.54) is 0 Å². The lowest BCUT2D eigenvalue weighted by atomic mass is 9.66. The van der Waals surface area contributed by atoms with E-state index in [1.807, 2.05) is 91.0 Å². The number of rotatable bonds is 5. The van der Waals surface area contributed by atoms with Gasteiger partial charge in [0.1, 0.15) is 11.5 Å². The van der Waals surface area contributed by atoms with Crippen molar-refractivity contribution < 1.29 is 4.74 Å². The number of aromatic nitrogens is 5. The molecule has 6 nitrogen and oxygen atoms in total. The Morgan fingerprint density at radius 3 is 1.32 bits per heavy atom. The Morgan fingerprint density at radius 2 is 0.750 bits per heavy atom. The predicted octanol–water partition coefficient (Wildman–Crippen LogP) is 12.6. The number of fused-ring (bicyclic) bond motifs is 10. The van der Waals surface area contributed by atoms with E-state index >= 15 is 0 Å². The zero-order valence-electron chi connectivity index (χ0n) is 32.2. The van der Waals surface area contributed by atoms with Crippen molar-refractivity contribution in [3.63, 3.8) is 0 Å². The predicted molar refractivity (Wildman–Crippen MR) is 237 cm³/mol. The maximum Gasteiger partial charge on any atom is 0.164 e. The fourth-order valence-corrected chi connectivity index (χ4v) is 9.30. The third kappa shape index (κ3) is 5.11. The molecule has 0 amide bonds. The molecule has 0 fully saturated rings. The Bertz CT molecular complexity index is 3190. The van der Waals surface area contributed by atoms with Gasteiger partial charge in [-0.15, -0.1) is 0 Å². The van der Waals surface area contributed by atoms with Crippen LogP contribution in [-0.4, -0.2) is 24.9 Å².